The van der Waals surface area contributed by atoms with Crippen molar-refractivity contribution in [1.29, 1.82) is 0 Å². The van der Waals surface area contributed by atoms with Crippen LogP contribution in [0.1, 0.15) is 0 Å². The van der Waals surface area contributed by atoms with Crippen LogP contribution in [0.4, 0.5) is 10.5 Å². The first-order chi connectivity index (χ1) is 7.68. The van der Waals surface area contributed by atoms with Gasteiger partial charge in [-0.25, -0.2) is 9.78 Å². The summed E-state index contributed by atoms with van der Waals surface area (Å²) in [5.74, 6) is 0. The summed E-state index contributed by atoms with van der Waals surface area (Å²) < 4.78 is 1.41. The lowest BCUT2D eigenvalue weighted by Crippen LogP contribution is -2.29. The predicted molar refractivity (Wildman–Crippen MR) is 62.9 cm³/mol. The van der Waals surface area contributed by atoms with E-state index in [2.05, 4.69) is 4.98 Å². The molecule has 1 heterocycles. The third-order valence-electron chi connectivity index (χ3n) is 2.23. The SMILES string of the molecule is CN(C(=O)n1ccnc1)c1ccc(Cl)cc1. The van der Waals surface area contributed by atoms with Gasteiger partial charge in [0, 0.05) is 30.2 Å². The van der Waals surface area contributed by atoms with Gasteiger partial charge in [-0.1, -0.05) is 11.6 Å². The van der Waals surface area contributed by atoms with Crippen LogP contribution in [-0.2, 0) is 0 Å². The molecule has 0 spiro atoms. The first-order valence-corrected chi connectivity index (χ1v) is 5.08. The van der Waals surface area contributed by atoms with Crippen molar-refractivity contribution < 1.29 is 4.79 Å². The Bertz CT molecular complexity index is 478. The molecule has 0 atom stereocenters. The molecule has 0 saturated carbocycles. The number of imidazole rings is 1. The van der Waals surface area contributed by atoms with E-state index < -0.39 is 0 Å². The Kier molecular flexibility index (Phi) is 2.92. The van der Waals surface area contributed by atoms with E-state index in [1.165, 1.54) is 15.8 Å². The van der Waals surface area contributed by atoms with Crippen LogP contribution < -0.4 is 4.90 Å². The Morgan fingerprint density at radius 3 is 2.62 bits per heavy atom. The zero-order valence-electron chi connectivity index (χ0n) is 8.67. The maximum absolute atomic E-state index is 11.9. The Labute approximate surface area is 98.1 Å². The lowest BCUT2D eigenvalue weighted by atomic mass is 10.3. The molecule has 1 aromatic heterocycles. The summed E-state index contributed by atoms with van der Waals surface area (Å²) in [5.41, 5.74) is 0.781. The number of halogens is 1. The van der Waals surface area contributed by atoms with Gasteiger partial charge in [0.25, 0.3) is 0 Å². The van der Waals surface area contributed by atoms with Gasteiger partial charge in [-0.3, -0.25) is 9.47 Å². The zero-order valence-corrected chi connectivity index (χ0v) is 9.43. The highest BCUT2D eigenvalue weighted by Gasteiger charge is 2.11. The van der Waals surface area contributed by atoms with E-state index in [1.807, 2.05) is 0 Å². The molecule has 1 amide bonds. The molecule has 2 aromatic rings. The van der Waals surface area contributed by atoms with E-state index >= 15 is 0 Å². The van der Waals surface area contributed by atoms with Gasteiger partial charge in [-0.05, 0) is 24.3 Å². The van der Waals surface area contributed by atoms with Crippen molar-refractivity contribution in [2.75, 3.05) is 11.9 Å². The fraction of sp³-hybridized carbons (Fsp3) is 0.0909. The number of rotatable bonds is 1. The van der Waals surface area contributed by atoms with Gasteiger partial charge in [-0.2, -0.15) is 0 Å². The Balaban J connectivity index is 2.22. The van der Waals surface area contributed by atoms with Crippen molar-refractivity contribution in [3.8, 4) is 0 Å². The van der Waals surface area contributed by atoms with Crippen LogP contribution in [0.2, 0.25) is 5.02 Å². The van der Waals surface area contributed by atoms with Crippen LogP contribution in [0.3, 0.4) is 0 Å². The lowest BCUT2D eigenvalue weighted by molar-refractivity contribution is 0.249. The van der Waals surface area contributed by atoms with Crippen molar-refractivity contribution in [3.05, 3.63) is 48.0 Å². The summed E-state index contributed by atoms with van der Waals surface area (Å²) in [7, 11) is 1.70. The molecule has 0 fully saturated rings. The predicted octanol–water partition coefficient (Wildman–Crippen LogP) is 2.64. The number of anilines is 1. The standard InChI is InChI=1S/C11H10ClN3O/c1-14(10-4-2-9(12)3-5-10)11(16)15-7-6-13-8-15/h2-8H,1H3. The Morgan fingerprint density at radius 2 is 2.06 bits per heavy atom. The first kappa shape index (κ1) is 10.7. The summed E-state index contributed by atoms with van der Waals surface area (Å²) in [5, 5.41) is 0.646. The van der Waals surface area contributed by atoms with Crippen molar-refractivity contribution in [2.45, 2.75) is 0 Å². The average Bonchev–Trinajstić information content (AvgIpc) is 2.81. The average molecular weight is 236 g/mol. The van der Waals surface area contributed by atoms with Crippen LogP contribution in [-0.4, -0.2) is 22.6 Å². The number of benzene rings is 1. The maximum Gasteiger partial charge on any atom is 0.333 e. The minimum Gasteiger partial charge on any atom is -0.297 e. The van der Waals surface area contributed by atoms with Crippen LogP contribution in [0, 0.1) is 0 Å². The molecule has 0 aliphatic carbocycles. The van der Waals surface area contributed by atoms with Gasteiger partial charge in [0.1, 0.15) is 6.33 Å². The molecule has 0 unspecified atom stereocenters. The van der Waals surface area contributed by atoms with Gasteiger partial charge >= 0.3 is 6.03 Å². The van der Waals surface area contributed by atoms with Gasteiger partial charge in [-0.15, -0.1) is 0 Å². The second kappa shape index (κ2) is 4.37. The number of carbonyl (C=O) groups excluding carboxylic acids is 1. The third kappa shape index (κ3) is 2.06. The molecule has 1 aromatic carbocycles. The fourth-order valence-corrected chi connectivity index (χ4v) is 1.45. The minimum absolute atomic E-state index is 0.167. The molecular weight excluding hydrogens is 226 g/mol. The molecule has 2 rings (SSSR count). The topological polar surface area (TPSA) is 38.1 Å². The molecule has 0 N–H and O–H groups in total. The van der Waals surface area contributed by atoms with E-state index in [1.54, 1.807) is 43.7 Å². The molecule has 16 heavy (non-hydrogen) atoms. The Hall–Kier alpha value is -1.81. The van der Waals surface area contributed by atoms with Crippen LogP contribution in [0.25, 0.3) is 0 Å². The van der Waals surface area contributed by atoms with Gasteiger partial charge < -0.3 is 0 Å². The van der Waals surface area contributed by atoms with Crippen molar-refractivity contribution in [2.24, 2.45) is 0 Å². The number of hydrogen-bond donors (Lipinski definition) is 0. The number of carbonyl (C=O) groups is 1. The van der Waals surface area contributed by atoms with Gasteiger partial charge in [0.15, 0.2) is 0 Å². The van der Waals surface area contributed by atoms with Crippen molar-refractivity contribution in [1.82, 2.24) is 9.55 Å². The third-order valence-corrected chi connectivity index (χ3v) is 2.48. The summed E-state index contributed by atoms with van der Waals surface area (Å²) in [6, 6.07) is 6.90. The molecule has 82 valence electrons. The smallest absolute Gasteiger partial charge is 0.297 e. The molecular formula is C11H10ClN3O. The largest absolute Gasteiger partial charge is 0.333 e. The molecule has 0 aliphatic rings. The van der Waals surface area contributed by atoms with Crippen molar-refractivity contribution >= 4 is 23.3 Å². The highest BCUT2D eigenvalue weighted by atomic mass is 35.5. The molecule has 0 bridgehead atoms. The van der Waals surface area contributed by atoms with Crippen LogP contribution in [0.15, 0.2) is 43.0 Å². The minimum atomic E-state index is -0.167. The highest BCUT2D eigenvalue weighted by Crippen LogP contribution is 2.17. The van der Waals surface area contributed by atoms with Gasteiger partial charge in [0.2, 0.25) is 0 Å². The summed E-state index contributed by atoms with van der Waals surface area (Å²) in [6.45, 7) is 0. The van der Waals surface area contributed by atoms with Crippen LogP contribution >= 0.6 is 11.6 Å². The second-order valence-electron chi connectivity index (χ2n) is 3.29. The highest BCUT2D eigenvalue weighted by molar-refractivity contribution is 6.30. The lowest BCUT2D eigenvalue weighted by Gasteiger charge is -2.17. The summed E-state index contributed by atoms with van der Waals surface area (Å²) in [6.07, 6.45) is 4.64. The number of hydrogen-bond acceptors (Lipinski definition) is 2. The number of aromatic nitrogens is 2. The number of nitrogens with zero attached hydrogens (tertiary/aromatic N) is 3. The molecule has 5 heteroatoms. The molecule has 0 saturated heterocycles. The van der Waals surface area contributed by atoms with Crippen LogP contribution in [0.5, 0.6) is 0 Å². The summed E-state index contributed by atoms with van der Waals surface area (Å²) in [4.78, 5) is 17.3. The van der Waals surface area contributed by atoms with E-state index in [0.717, 1.165) is 5.69 Å². The molecule has 4 nitrogen and oxygen atoms in total. The Morgan fingerprint density at radius 1 is 1.38 bits per heavy atom. The normalized spacial score (nSPS) is 10.1. The zero-order chi connectivity index (χ0) is 11.5. The maximum atomic E-state index is 11.9. The van der Waals surface area contributed by atoms with E-state index in [4.69, 9.17) is 11.6 Å². The second-order valence-corrected chi connectivity index (χ2v) is 3.72. The monoisotopic (exact) mass is 235 g/mol. The quantitative estimate of drug-likeness (QED) is 0.762. The van der Waals surface area contributed by atoms with E-state index in [-0.39, 0.29) is 6.03 Å². The van der Waals surface area contributed by atoms with Gasteiger partial charge in [0.05, 0.1) is 0 Å². The van der Waals surface area contributed by atoms with Crippen molar-refractivity contribution in [3.63, 3.8) is 0 Å². The molecule has 0 radical (unpaired) electrons. The number of amides is 1. The summed E-state index contributed by atoms with van der Waals surface area (Å²) >= 11 is 5.78. The van der Waals surface area contributed by atoms with E-state index in [9.17, 15) is 4.79 Å². The first-order valence-electron chi connectivity index (χ1n) is 4.70. The molecule has 0 aliphatic heterocycles. The van der Waals surface area contributed by atoms with E-state index in [0.29, 0.717) is 5.02 Å². The fourth-order valence-electron chi connectivity index (χ4n) is 1.32.